The number of amides is 2. The zero-order chi connectivity index (χ0) is 20.6. The van der Waals surface area contributed by atoms with E-state index in [1.165, 1.54) is 13.0 Å². The molecule has 0 saturated heterocycles. The molecule has 0 fully saturated rings. The summed E-state index contributed by atoms with van der Waals surface area (Å²) in [5, 5.41) is 3.32. The SMILES string of the molecule is CC(=O)Nc1ccc(/C=C/C(=O)N(Cc2ccccn2)c2ccc(Cl)cc2)cc1. The molecule has 2 aromatic carbocycles. The van der Waals surface area contributed by atoms with Gasteiger partial charge in [-0.2, -0.15) is 0 Å². The van der Waals surface area contributed by atoms with Crippen LogP contribution in [0.3, 0.4) is 0 Å². The molecule has 1 heterocycles. The summed E-state index contributed by atoms with van der Waals surface area (Å²) < 4.78 is 0. The normalized spacial score (nSPS) is 10.7. The first kappa shape index (κ1) is 20.3. The maximum atomic E-state index is 12.9. The van der Waals surface area contributed by atoms with Gasteiger partial charge in [-0.1, -0.05) is 29.8 Å². The number of benzene rings is 2. The van der Waals surface area contributed by atoms with Gasteiger partial charge in [0.05, 0.1) is 12.2 Å². The van der Waals surface area contributed by atoms with Gasteiger partial charge < -0.3 is 10.2 Å². The lowest BCUT2D eigenvalue weighted by atomic mass is 10.2. The molecule has 1 N–H and O–H groups in total. The Bertz CT molecular complexity index is 1000. The van der Waals surface area contributed by atoms with Gasteiger partial charge in [0.15, 0.2) is 0 Å². The van der Waals surface area contributed by atoms with Crippen LogP contribution < -0.4 is 10.2 Å². The fraction of sp³-hybridized carbons (Fsp3) is 0.0870. The van der Waals surface area contributed by atoms with E-state index < -0.39 is 0 Å². The minimum atomic E-state index is -0.177. The van der Waals surface area contributed by atoms with Crippen molar-refractivity contribution in [1.82, 2.24) is 4.98 Å². The van der Waals surface area contributed by atoms with Crippen LogP contribution in [-0.4, -0.2) is 16.8 Å². The van der Waals surface area contributed by atoms with Gasteiger partial charge in [-0.05, 0) is 60.2 Å². The van der Waals surface area contributed by atoms with Crippen LogP contribution in [0, 0.1) is 0 Å². The number of halogens is 1. The Balaban J connectivity index is 1.79. The van der Waals surface area contributed by atoms with E-state index in [2.05, 4.69) is 10.3 Å². The van der Waals surface area contributed by atoms with E-state index >= 15 is 0 Å². The van der Waals surface area contributed by atoms with Crippen molar-refractivity contribution < 1.29 is 9.59 Å². The monoisotopic (exact) mass is 405 g/mol. The van der Waals surface area contributed by atoms with Gasteiger partial charge in [0.2, 0.25) is 5.91 Å². The highest BCUT2D eigenvalue weighted by molar-refractivity contribution is 6.30. The van der Waals surface area contributed by atoms with Crippen molar-refractivity contribution in [3.8, 4) is 0 Å². The van der Waals surface area contributed by atoms with Gasteiger partial charge in [0.25, 0.3) is 5.91 Å². The van der Waals surface area contributed by atoms with E-state index in [1.54, 1.807) is 53.6 Å². The molecule has 0 aliphatic rings. The van der Waals surface area contributed by atoms with Crippen LogP contribution >= 0.6 is 11.6 Å². The van der Waals surface area contributed by atoms with Crippen LogP contribution in [0.4, 0.5) is 11.4 Å². The van der Waals surface area contributed by atoms with Gasteiger partial charge in [-0.25, -0.2) is 0 Å². The minimum absolute atomic E-state index is 0.128. The molecule has 6 heteroatoms. The highest BCUT2D eigenvalue weighted by Gasteiger charge is 2.14. The van der Waals surface area contributed by atoms with Crippen LogP contribution in [0.25, 0.3) is 6.08 Å². The van der Waals surface area contributed by atoms with Crippen molar-refractivity contribution in [3.05, 3.63) is 95.3 Å². The number of nitrogens with zero attached hydrogens (tertiary/aromatic N) is 2. The number of nitrogens with one attached hydrogen (secondary N) is 1. The molecule has 0 aliphatic heterocycles. The average molecular weight is 406 g/mol. The summed E-state index contributed by atoms with van der Waals surface area (Å²) in [5.74, 6) is -0.305. The van der Waals surface area contributed by atoms with E-state index in [-0.39, 0.29) is 11.8 Å². The fourth-order valence-corrected chi connectivity index (χ4v) is 2.84. The number of hydrogen-bond donors (Lipinski definition) is 1. The van der Waals surface area contributed by atoms with Crippen molar-refractivity contribution in [1.29, 1.82) is 0 Å². The molecule has 0 unspecified atom stereocenters. The predicted octanol–water partition coefficient (Wildman–Crippen LogP) is 4.94. The van der Waals surface area contributed by atoms with Gasteiger partial charge >= 0.3 is 0 Å². The predicted molar refractivity (Wildman–Crippen MR) is 117 cm³/mol. The molecule has 3 aromatic rings. The van der Waals surface area contributed by atoms with Crippen molar-refractivity contribution in [2.45, 2.75) is 13.5 Å². The fourth-order valence-electron chi connectivity index (χ4n) is 2.71. The number of carbonyl (C=O) groups is 2. The molecule has 2 amide bonds. The number of hydrogen-bond acceptors (Lipinski definition) is 3. The van der Waals surface area contributed by atoms with E-state index in [0.717, 1.165) is 16.9 Å². The Labute approximate surface area is 174 Å². The van der Waals surface area contributed by atoms with E-state index in [0.29, 0.717) is 17.3 Å². The molecule has 0 bridgehead atoms. The minimum Gasteiger partial charge on any atom is -0.326 e. The lowest BCUT2D eigenvalue weighted by Crippen LogP contribution is -2.29. The van der Waals surface area contributed by atoms with Crippen molar-refractivity contribution >= 4 is 40.9 Å². The van der Waals surface area contributed by atoms with Crippen molar-refractivity contribution in [2.75, 3.05) is 10.2 Å². The number of anilines is 2. The summed E-state index contributed by atoms with van der Waals surface area (Å²) in [6.07, 6.45) is 4.96. The zero-order valence-electron chi connectivity index (χ0n) is 15.9. The maximum absolute atomic E-state index is 12.9. The molecule has 146 valence electrons. The second kappa shape index (κ2) is 9.66. The van der Waals surface area contributed by atoms with Gasteiger partial charge in [0, 0.05) is 35.6 Å². The van der Waals surface area contributed by atoms with Crippen LogP contribution in [0.15, 0.2) is 79.0 Å². The summed E-state index contributed by atoms with van der Waals surface area (Å²) in [5.41, 5.74) is 3.07. The number of pyridine rings is 1. The lowest BCUT2D eigenvalue weighted by molar-refractivity contribution is -0.115. The molecular weight excluding hydrogens is 386 g/mol. The van der Waals surface area contributed by atoms with Gasteiger partial charge in [0.1, 0.15) is 0 Å². The molecule has 29 heavy (non-hydrogen) atoms. The smallest absolute Gasteiger partial charge is 0.251 e. The Kier molecular flexibility index (Phi) is 6.76. The molecular formula is C23H20ClN3O2. The number of carbonyl (C=O) groups excluding carboxylic acids is 2. The molecule has 0 atom stereocenters. The van der Waals surface area contributed by atoms with Crippen molar-refractivity contribution in [3.63, 3.8) is 0 Å². The highest BCUT2D eigenvalue weighted by atomic mass is 35.5. The topological polar surface area (TPSA) is 62.3 Å². The molecule has 0 aliphatic carbocycles. The van der Waals surface area contributed by atoms with Crippen LogP contribution in [0.1, 0.15) is 18.2 Å². The first-order valence-corrected chi connectivity index (χ1v) is 9.42. The first-order chi connectivity index (χ1) is 14.0. The molecule has 0 saturated carbocycles. The highest BCUT2D eigenvalue weighted by Crippen LogP contribution is 2.21. The first-order valence-electron chi connectivity index (χ1n) is 9.04. The molecule has 1 aromatic heterocycles. The Morgan fingerprint density at radius 3 is 2.38 bits per heavy atom. The largest absolute Gasteiger partial charge is 0.326 e. The van der Waals surface area contributed by atoms with Crippen molar-refractivity contribution in [2.24, 2.45) is 0 Å². The van der Waals surface area contributed by atoms with Gasteiger partial charge in [-0.15, -0.1) is 0 Å². The summed E-state index contributed by atoms with van der Waals surface area (Å²) in [4.78, 5) is 30.0. The second-order valence-corrected chi connectivity index (χ2v) is 6.79. The Morgan fingerprint density at radius 1 is 1.03 bits per heavy atom. The van der Waals surface area contributed by atoms with E-state index in [4.69, 9.17) is 11.6 Å². The summed E-state index contributed by atoms with van der Waals surface area (Å²) in [6, 6.07) is 20.0. The number of rotatable bonds is 6. The van der Waals surface area contributed by atoms with Crippen LogP contribution in [0.5, 0.6) is 0 Å². The standard InChI is InChI=1S/C23H20ClN3O2/c1-17(28)26-20-10-5-18(6-11-20)7-14-23(29)27(16-21-4-2-3-15-25-21)22-12-8-19(24)9-13-22/h2-15H,16H2,1H3,(H,26,28)/b14-7+. The third-order valence-electron chi connectivity index (χ3n) is 4.10. The maximum Gasteiger partial charge on any atom is 0.251 e. The molecule has 3 rings (SSSR count). The van der Waals surface area contributed by atoms with Gasteiger partial charge in [-0.3, -0.25) is 14.6 Å². The third kappa shape index (κ3) is 6.02. The summed E-state index contributed by atoms with van der Waals surface area (Å²) >= 11 is 5.99. The van der Waals surface area contributed by atoms with Crippen LogP contribution in [0.2, 0.25) is 5.02 Å². The summed E-state index contributed by atoms with van der Waals surface area (Å²) in [7, 11) is 0. The zero-order valence-corrected chi connectivity index (χ0v) is 16.6. The molecule has 0 radical (unpaired) electrons. The summed E-state index contributed by atoms with van der Waals surface area (Å²) in [6.45, 7) is 1.80. The average Bonchev–Trinajstić information content (AvgIpc) is 2.72. The Morgan fingerprint density at radius 2 is 1.76 bits per heavy atom. The molecule has 5 nitrogen and oxygen atoms in total. The quantitative estimate of drug-likeness (QED) is 0.591. The number of aromatic nitrogens is 1. The van der Waals surface area contributed by atoms with E-state index in [9.17, 15) is 9.59 Å². The Hall–Kier alpha value is -3.44. The molecule has 0 spiro atoms. The second-order valence-electron chi connectivity index (χ2n) is 6.36. The van der Waals surface area contributed by atoms with E-state index in [1.807, 2.05) is 30.3 Å². The third-order valence-corrected chi connectivity index (χ3v) is 4.35. The van der Waals surface area contributed by atoms with Crippen LogP contribution in [-0.2, 0) is 16.1 Å². The lowest BCUT2D eigenvalue weighted by Gasteiger charge is -2.21.